The minimum Gasteiger partial charge on any atom is -0.487 e. The van der Waals surface area contributed by atoms with E-state index >= 15 is 0 Å². The highest BCUT2D eigenvalue weighted by Crippen LogP contribution is 2.32. The van der Waals surface area contributed by atoms with Gasteiger partial charge in [0.2, 0.25) is 0 Å². The third kappa shape index (κ3) is 5.14. The summed E-state index contributed by atoms with van der Waals surface area (Å²) < 4.78 is 30.4. The number of benzene rings is 1. The van der Waals surface area contributed by atoms with E-state index in [-0.39, 0.29) is 24.6 Å². The number of ether oxygens (including phenoxy) is 1. The number of hydrogen-bond donors (Lipinski definition) is 1. The first-order valence-corrected chi connectivity index (χ1v) is 6.54. The Hall–Kier alpha value is -1.96. The third-order valence-electron chi connectivity index (χ3n) is 2.70. The second kappa shape index (κ2) is 8.35. The Morgan fingerprint density at radius 2 is 2.19 bits per heavy atom. The zero-order valence-electron chi connectivity index (χ0n) is 11.7. The second-order valence-electron chi connectivity index (χ2n) is 4.32. The molecule has 0 spiro atoms. The molecule has 1 N–H and O–H groups in total. The molecule has 0 saturated carbocycles. The van der Waals surface area contributed by atoms with Crippen molar-refractivity contribution < 1.29 is 23.5 Å². The highest BCUT2D eigenvalue weighted by atomic mass is 19.3. The Bertz CT molecular complexity index is 471. The van der Waals surface area contributed by atoms with Crippen LogP contribution in [0.5, 0.6) is 5.75 Å². The predicted molar refractivity (Wildman–Crippen MR) is 74.2 cm³/mol. The Labute approximate surface area is 121 Å². The first-order chi connectivity index (χ1) is 9.99. The number of halogens is 2. The molecule has 1 aromatic rings. The van der Waals surface area contributed by atoms with E-state index in [1.54, 1.807) is 0 Å². The molecule has 0 aliphatic carbocycles. The SMILES string of the molecule is CCCOc1cc(N(CCO)CC(F)F)ccc1[N+](=O)[O-]. The van der Waals surface area contributed by atoms with Gasteiger partial charge in [0, 0.05) is 24.4 Å². The lowest BCUT2D eigenvalue weighted by Gasteiger charge is -2.23. The van der Waals surface area contributed by atoms with Gasteiger partial charge < -0.3 is 14.7 Å². The van der Waals surface area contributed by atoms with Gasteiger partial charge in [-0.1, -0.05) is 6.92 Å². The van der Waals surface area contributed by atoms with Gasteiger partial charge >= 0.3 is 5.69 Å². The van der Waals surface area contributed by atoms with Crippen LogP contribution in [-0.2, 0) is 0 Å². The van der Waals surface area contributed by atoms with Crippen molar-refractivity contribution in [2.45, 2.75) is 19.8 Å². The minimum atomic E-state index is -2.58. The Morgan fingerprint density at radius 1 is 1.48 bits per heavy atom. The normalized spacial score (nSPS) is 10.7. The van der Waals surface area contributed by atoms with Gasteiger partial charge in [0.15, 0.2) is 5.75 Å². The van der Waals surface area contributed by atoms with Gasteiger partial charge in [0.05, 0.1) is 24.7 Å². The van der Waals surface area contributed by atoms with Crippen molar-refractivity contribution >= 4 is 11.4 Å². The van der Waals surface area contributed by atoms with E-state index in [1.807, 2.05) is 6.92 Å². The number of aliphatic hydroxyl groups excluding tert-OH is 1. The summed E-state index contributed by atoms with van der Waals surface area (Å²) in [6.45, 7) is 1.29. The summed E-state index contributed by atoms with van der Waals surface area (Å²) in [4.78, 5) is 11.6. The average Bonchev–Trinajstić information content (AvgIpc) is 2.43. The summed E-state index contributed by atoms with van der Waals surface area (Å²) in [6.07, 6.45) is -1.91. The summed E-state index contributed by atoms with van der Waals surface area (Å²) in [6, 6.07) is 3.94. The van der Waals surface area contributed by atoms with Crippen LogP contribution < -0.4 is 9.64 Å². The summed E-state index contributed by atoms with van der Waals surface area (Å²) in [7, 11) is 0. The Balaban J connectivity index is 3.07. The fraction of sp³-hybridized carbons (Fsp3) is 0.538. The summed E-state index contributed by atoms with van der Waals surface area (Å²) in [5.41, 5.74) is 0.134. The van der Waals surface area contributed by atoms with E-state index < -0.39 is 17.9 Å². The number of alkyl halides is 2. The van der Waals surface area contributed by atoms with E-state index in [4.69, 9.17) is 9.84 Å². The molecule has 0 aromatic heterocycles. The molecule has 0 atom stereocenters. The van der Waals surface area contributed by atoms with Gasteiger partial charge in [-0.15, -0.1) is 0 Å². The average molecular weight is 304 g/mol. The number of anilines is 1. The summed E-state index contributed by atoms with van der Waals surface area (Å²) in [5.74, 6) is 0.0385. The largest absolute Gasteiger partial charge is 0.487 e. The smallest absolute Gasteiger partial charge is 0.311 e. The molecule has 0 radical (unpaired) electrons. The van der Waals surface area contributed by atoms with Crippen LogP contribution in [-0.4, -0.2) is 42.8 Å². The van der Waals surface area contributed by atoms with E-state index in [2.05, 4.69) is 0 Å². The van der Waals surface area contributed by atoms with Crippen LogP contribution in [0.3, 0.4) is 0 Å². The van der Waals surface area contributed by atoms with Gasteiger partial charge in [-0.3, -0.25) is 10.1 Å². The maximum Gasteiger partial charge on any atom is 0.311 e. The van der Waals surface area contributed by atoms with Crippen LogP contribution in [0.2, 0.25) is 0 Å². The van der Waals surface area contributed by atoms with Crippen LogP contribution in [0.1, 0.15) is 13.3 Å². The van der Waals surface area contributed by atoms with E-state index in [1.165, 1.54) is 23.1 Å². The first kappa shape index (κ1) is 17.1. The molecule has 0 amide bonds. The third-order valence-corrected chi connectivity index (χ3v) is 2.70. The maximum absolute atomic E-state index is 12.5. The molecule has 0 fully saturated rings. The van der Waals surface area contributed by atoms with Crippen LogP contribution in [0.25, 0.3) is 0 Å². The lowest BCUT2D eigenvalue weighted by atomic mass is 10.2. The van der Waals surface area contributed by atoms with Crippen molar-refractivity contribution in [2.75, 3.05) is 31.2 Å². The predicted octanol–water partition coefficient (Wildman–Crippen LogP) is 2.45. The number of nitro benzene ring substituents is 1. The minimum absolute atomic E-state index is 0.00929. The monoisotopic (exact) mass is 304 g/mol. The molecule has 0 saturated heterocycles. The topological polar surface area (TPSA) is 75.8 Å². The number of nitrogens with zero attached hydrogens (tertiary/aromatic N) is 2. The molecule has 8 heteroatoms. The molecule has 0 aliphatic rings. The molecule has 0 unspecified atom stereocenters. The van der Waals surface area contributed by atoms with Gasteiger partial charge in [-0.25, -0.2) is 8.78 Å². The quantitative estimate of drug-likeness (QED) is 0.560. The van der Waals surface area contributed by atoms with Crippen molar-refractivity contribution in [1.82, 2.24) is 0 Å². The van der Waals surface area contributed by atoms with Crippen LogP contribution >= 0.6 is 0 Å². The Kier molecular flexibility index (Phi) is 6.80. The number of rotatable bonds is 9. The van der Waals surface area contributed by atoms with E-state index in [0.717, 1.165) is 0 Å². The van der Waals surface area contributed by atoms with Gasteiger partial charge in [0.25, 0.3) is 6.43 Å². The van der Waals surface area contributed by atoms with Crippen LogP contribution in [0.4, 0.5) is 20.2 Å². The number of nitro groups is 1. The van der Waals surface area contributed by atoms with Crippen LogP contribution in [0, 0.1) is 10.1 Å². The molecule has 0 aliphatic heterocycles. The lowest BCUT2D eigenvalue weighted by molar-refractivity contribution is -0.385. The highest BCUT2D eigenvalue weighted by Gasteiger charge is 2.19. The molecule has 0 heterocycles. The van der Waals surface area contributed by atoms with Crippen molar-refractivity contribution in [2.24, 2.45) is 0 Å². The molecular formula is C13H18F2N2O4. The molecule has 21 heavy (non-hydrogen) atoms. The van der Waals surface area contributed by atoms with E-state index in [9.17, 15) is 18.9 Å². The standard InChI is InChI=1S/C13H18F2N2O4/c1-2-7-21-12-8-10(3-4-11(12)17(19)20)16(5-6-18)9-13(14)15/h3-4,8,13,18H,2,5-7,9H2,1H3. The first-order valence-electron chi connectivity index (χ1n) is 6.54. The molecular weight excluding hydrogens is 286 g/mol. The molecule has 1 aromatic carbocycles. The van der Waals surface area contributed by atoms with Gasteiger partial charge in [-0.2, -0.15) is 0 Å². The molecule has 118 valence electrons. The number of aliphatic hydroxyl groups is 1. The molecule has 6 nitrogen and oxygen atoms in total. The molecule has 1 rings (SSSR count). The second-order valence-corrected chi connectivity index (χ2v) is 4.32. The zero-order chi connectivity index (χ0) is 15.8. The van der Waals surface area contributed by atoms with E-state index in [0.29, 0.717) is 18.7 Å². The van der Waals surface area contributed by atoms with Crippen molar-refractivity contribution in [1.29, 1.82) is 0 Å². The van der Waals surface area contributed by atoms with Crippen molar-refractivity contribution in [3.8, 4) is 5.75 Å². The van der Waals surface area contributed by atoms with Crippen molar-refractivity contribution in [3.63, 3.8) is 0 Å². The zero-order valence-corrected chi connectivity index (χ0v) is 11.7. The number of hydrogen-bond acceptors (Lipinski definition) is 5. The van der Waals surface area contributed by atoms with Gasteiger partial charge in [-0.05, 0) is 12.5 Å². The molecule has 0 bridgehead atoms. The fourth-order valence-electron chi connectivity index (χ4n) is 1.79. The Morgan fingerprint density at radius 3 is 2.71 bits per heavy atom. The highest BCUT2D eigenvalue weighted by molar-refractivity contribution is 5.59. The summed E-state index contributed by atoms with van der Waals surface area (Å²) in [5, 5.41) is 19.9. The van der Waals surface area contributed by atoms with Crippen LogP contribution in [0.15, 0.2) is 18.2 Å². The van der Waals surface area contributed by atoms with Gasteiger partial charge in [0.1, 0.15) is 0 Å². The lowest BCUT2D eigenvalue weighted by Crippen LogP contribution is -2.31. The van der Waals surface area contributed by atoms with Crippen molar-refractivity contribution in [3.05, 3.63) is 28.3 Å². The maximum atomic E-state index is 12.5. The summed E-state index contributed by atoms with van der Waals surface area (Å²) >= 11 is 0. The fourth-order valence-corrected chi connectivity index (χ4v) is 1.79.